The fourth-order valence-corrected chi connectivity index (χ4v) is 2.52. The first kappa shape index (κ1) is 20.0. The molecule has 0 atom stereocenters. The van der Waals surface area contributed by atoms with E-state index in [1.165, 1.54) is 11.1 Å². The zero-order valence-corrected chi connectivity index (χ0v) is 15.5. The zero-order valence-electron chi connectivity index (χ0n) is 14.6. The summed E-state index contributed by atoms with van der Waals surface area (Å²) < 4.78 is 0. The molecule has 0 saturated carbocycles. The van der Waals surface area contributed by atoms with Gasteiger partial charge in [0, 0.05) is 24.1 Å². The Morgan fingerprint density at radius 2 is 1.71 bits per heavy atom. The number of nitrogens with two attached hydrogens (primary N) is 1. The van der Waals surface area contributed by atoms with Crippen molar-refractivity contribution in [1.29, 1.82) is 0 Å². The SMILES string of the molecule is Cc1ccc(C(C)(C)CNC(=O)CCc2ccccc2N)cc1.Cl. The minimum absolute atomic E-state index is 0. The van der Waals surface area contributed by atoms with E-state index in [1.54, 1.807) is 0 Å². The Bertz CT molecular complexity index is 666. The lowest BCUT2D eigenvalue weighted by molar-refractivity contribution is -0.121. The van der Waals surface area contributed by atoms with Crippen LogP contribution in [0.2, 0.25) is 0 Å². The van der Waals surface area contributed by atoms with Crippen LogP contribution < -0.4 is 11.1 Å². The summed E-state index contributed by atoms with van der Waals surface area (Å²) >= 11 is 0. The molecule has 0 aliphatic heterocycles. The highest BCUT2D eigenvalue weighted by molar-refractivity contribution is 5.85. The molecular weight excluding hydrogens is 320 g/mol. The fraction of sp³-hybridized carbons (Fsp3) is 0.350. The van der Waals surface area contributed by atoms with Gasteiger partial charge in [-0.2, -0.15) is 0 Å². The molecule has 0 radical (unpaired) electrons. The molecule has 24 heavy (non-hydrogen) atoms. The number of halogens is 1. The van der Waals surface area contributed by atoms with E-state index in [0.717, 1.165) is 11.3 Å². The number of anilines is 1. The van der Waals surface area contributed by atoms with Gasteiger partial charge in [0.2, 0.25) is 5.91 Å². The molecule has 0 aromatic heterocycles. The number of amides is 1. The second kappa shape index (κ2) is 8.74. The van der Waals surface area contributed by atoms with Crippen LogP contribution in [0.4, 0.5) is 5.69 Å². The van der Waals surface area contributed by atoms with Crippen LogP contribution in [0.25, 0.3) is 0 Å². The van der Waals surface area contributed by atoms with Crippen LogP contribution >= 0.6 is 12.4 Å². The van der Waals surface area contributed by atoms with Crippen molar-refractivity contribution in [3.63, 3.8) is 0 Å². The molecule has 0 aliphatic rings. The van der Waals surface area contributed by atoms with E-state index in [-0.39, 0.29) is 23.7 Å². The Labute approximate surface area is 151 Å². The van der Waals surface area contributed by atoms with Gasteiger partial charge in [-0.3, -0.25) is 4.79 Å². The van der Waals surface area contributed by atoms with Crippen molar-refractivity contribution in [2.24, 2.45) is 0 Å². The highest BCUT2D eigenvalue weighted by atomic mass is 35.5. The minimum atomic E-state index is -0.0882. The molecule has 0 unspecified atom stereocenters. The maximum absolute atomic E-state index is 12.1. The first-order valence-electron chi connectivity index (χ1n) is 8.06. The number of carbonyl (C=O) groups excluding carboxylic acids is 1. The Morgan fingerprint density at radius 3 is 2.33 bits per heavy atom. The van der Waals surface area contributed by atoms with Gasteiger partial charge in [0.25, 0.3) is 0 Å². The largest absolute Gasteiger partial charge is 0.399 e. The van der Waals surface area contributed by atoms with Gasteiger partial charge in [-0.25, -0.2) is 0 Å². The molecule has 0 saturated heterocycles. The Balaban J connectivity index is 0.00000288. The van der Waals surface area contributed by atoms with E-state index in [4.69, 9.17) is 5.73 Å². The third-order valence-corrected chi connectivity index (χ3v) is 4.24. The third kappa shape index (κ3) is 5.57. The van der Waals surface area contributed by atoms with Gasteiger partial charge in [-0.1, -0.05) is 61.9 Å². The summed E-state index contributed by atoms with van der Waals surface area (Å²) in [6, 6.07) is 16.2. The molecule has 130 valence electrons. The molecular formula is C20H27ClN2O. The quantitative estimate of drug-likeness (QED) is 0.776. The van der Waals surface area contributed by atoms with E-state index in [1.807, 2.05) is 24.3 Å². The molecule has 4 heteroatoms. The standard InChI is InChI=1S/C20H26N2O.ClH/c1-15-8-11-17(12-9-15)20(2,3)14-22-19(23)13-10-16-6-4-5-7-18(16)21;/h4-9,11-12H,10,13-14,21H2,1-3H3,(H,22,23);1H. The van der Waals surface area contributed by atoms with Gasteiger partial charge in [0.15, 0.2) is 0 Å². The Kier molecular flexibility index (Phi) is 7.30. The lowest BCUT2D eigenvalue weighted by Gasteiger charge is -2.26. The van der Waals surface area contributed by atoms with Crippen molar-refractivity contribution in [1.82, 2.24) is 5.32 Å². The third-order valence-electron chi connectivity index (χ3n) is 4.24. The van der Waals surface area contributed by atoms with Crippen LogP contribution in [0.3, 0.4) is 0 Å². The van der Waals surface area contributed by atoms with Crippen molar-refractivity contribution >= 4 is 24.0 Å². The minimum Gasteiger partial charge on any atom is -0.399 e. The van der Waals surface area contributed by atoms with E-state index in [2.05, 4.69) is 50.4 Å². The molecule has 0 spiro atoms. The number of benzene rings is 2. The predicted molar refractivity (Wildman–Crippen MR) is 104 cm³/mol. The molecule has 3 N–H and O–H groups in total. The summed E-state index contributed by atoms with van der Waals surface area (Å²) in [7, 11) is 0. The summed E-state index contributed by atoms with van der Waals surface area (Å²) in [4.78, 5) is 12.1. The monoisotopic (exact) mass is 346 g/mol. The highest BCUT2D eigenvalue weighted by Crippen LogP contribution is 2.22. The van der Waals surface area contributed by atoms with Gasteiger partial charge in [0.05, 0.1) is 0 Å². The first-order chi connectivity index (χ1) is 10.9. The number of aryl methyl sites for hydroxylation is 2. The summed E-state index contributed by atoms with van der Waals surface area (Å²) in [6.45, 7) is 6.99. The number of para-hydroxylation sites is 1. The summed E-state index contributed by atoms with van der Waals surface area (Å²) in [6.07, 6.45) is 1.13. The second-order valence-electron chi connectivity index (χ2n) is 6.73. The van der Waals surface area contributed by atoms with Gasteiger partial charge in [-0.15, -0.1) is 12.4 Å². The Morgan fingerprint density at radius 1 is 1.08 bits per heavy atom. The average molecular weight is 347 g/mol. The number of hydrogen-bond donors (Lipinski definition) is 2. The number of nitrogens with one attached hydrogen (secondary N) is 1. The zero-order chi connectivity index (χ0) is 16.9. The van der Waals surface area contributed by atoms with Gasteiger partial charge >= 0.3 is 0 Å². The molecule has 3 nitrogen and oxygen atoms in total. The van der Waals surface area contributed by atoms with Crippen LogP contribution in [-0.4, -0.2) is 12.5 Å². The van der Waals surface area contributed by atoms with Gasteiger partial charge in [0.1, 0.15) is 0 Å². The maximum Gasteiger partial charge on any atom is 0.220 e. The van der Waals surface area contributed by atoms with Crippen LogP contribution in [-0.2, 0) is 16.6 Å². The molecule has 0 bridgehead atoms. The molecule has 0 aliphatic carbocycles. The van der Waals surface area contributed by atoms with Crippen molar-refractivity contribution < 1.29 is 4.79 Å². The lowest BCUT2D eigenvalue weighted by atomic mass is 9.84. The van der Waals surface area contributed by atoms with Crippen LogP contribution in [0.1, 0.15) is 37.0 Å². The average Bonchev–Trinajstić information content (AvgIpc) is 2.53. The second-order valence-corrected chi connectivity index (χ2v) is 6.73. The van der Waals surface area contributed by atoms with E-state index in [9.17, 15) is 4.79 Å². The summed E-state index contributed by atoms with van der Waals surface area (Å²) in [5.74, 6) is 0.0634. The topological polar surface area (TPSA) is 55.1 Å². The van der Waals surface area contributed by atoms with E-state index >= 15 is 0 Å². The molecule has 2 rings (SSSR count). The predicted octanol–water partition coefficient (Wildman–Crippen LogP) is 4.03. The Hall–Kier alpha value is -2.00. The lowest BCUT2D eigenvalue weighted by Crippen LogP contribution is -2.36. The molecule has 1 amide bonds. The summed E-state index contributed by atoms with van der Waals surface area (Å²) in [5, 5.41) is 3.05. The van der Waals surface area contributed by atoms with Crippen molar-refractivity contribution in [3.8, 4) is 0 Å². The van der Waals surface area contributed by atoms with Crippen molar-refractivity contribution in [2.45, 2.75) is 39.0 Å². The van der Waals surface area contributed by atoms with Gasteiger partial charge < -0.3 is 11.1 Å². The molecule has 0 fully saturated rings. The van der Waals surface area contributed by atoms with Crippen LogP contribution in [0, 0.1) is 6.92 Å². The van der Waals surface area contributed by atoms with Crippen molar-refractivity contribution in [3.05, 3.63) is 65.2 Å². The van der Waals surface area contributed by atoms with Crippen molar-refractivity contribution in [2.75, 3.05) is 12.3 Å². The maximum atomic E-state index is 12.1. The van der Waals surface area contributed by atoms with Crippen LogP contribution in [0.15, 0.2) is 48.5 Å². The molecule has 0 heterocycles. The smallest absolute Gasteiger partial charge is 0.220 e. The van der Waals surface area contributed by atoms with Gasteiger partial charge in [-0.05, 0) is 30.5 Å². The molecule has 2 aromatic rings. The van der Waals surface area contributed by atoms with E-state index in [0.29, 0.717) is 19.4 Å². The number of rotatable bonds is 6. The number of carbonyl (C=O) groups is 1. The van der Waals surface area contributed by atoms with E-state index < -0.39 is 0 Å². The number of nitrogen functional groups attached to an aromatic ring is 1. The normalized spacial score (nSPS) is 10.8. The number of hydrogen-bond acceptors (Lipinski definition) is 2. The van der Waals surface area contributed by atoms with Crippen LogP contribution in [0.5, 0.6) is 0 Å². The fourth-order valence-electron chi connectivity index (χ4n) is 2.52. The first-order valence-corrected chi connectivity index (χ1v) is 8.06. The highest BCUT2D eigenvalue weighted by Gasteiger charge is 2.21. The molecule has 2 aromatic carbocycles. The summed E-state index contributed by atoms with van der Waals surface area (Å²) in [5.41, 5.74) is 10.1.